The van der Waals surface area contributed by atoms with Gasteiger partial charge in [-0.05, 0) is 50.5 Å². The van der Waals surface area contributed by atoms with Crippen molar-refractivity contribution in [2.75, 3.05) is 39.0 Å². The number of aliphatic hydroxyl groups excluding tert-OH is 3. The van der Waals surface area contributed by atoms with E-state index >= 15 is 0 Å². The summed E-state index contributed by atoms with van der Waals surface area (Å²) < 4.78 is 5.89. The highest BCUT2D eigenvalue weighted by Gasteiger charge is 2.71. The second kappa shape index (κ2) is 19.1. The van der Waals surface area contributed by atoms with Crippen LogP contribution >= 0.6 is 23.4 Å². The zero-order valence-corrected chi connectivity index (χ0v) is 37.0. The molecule has 2 aliphatic heterocycles. The van der Waals surface area contributed by atoms with Crippen LogP contribution in [0.3, 0.4) is 0 Å². The zero-order valence-electron chi connectivity index (χ0n) is 35.4. The van der Waals surface area contributed by atoms with Gasteiger partial charge >= 0.3 is 0 Å². The molecule has 2 saturated heterocycles. The van der Waals surface area contributed by atoms with Crippen LogP contribution in [0.25, 0.3) is 0 Å². The van der Waals surface area contributed by atoms with Crippen LogP contribution in [-0.2, 0) is 39.1 Å². The summed E-state index contributed by atoms with van der Waals surface area (Å²) in [4.78, 5) is 96.7. The van der Waals surface area contributed by atoms with Crippen molar-refractivity contribution in [2.24, 2.45) is 41.2 Å². The van der Waals surface area contributed by atoms with Crippen LogP contribution in [0.15, 0.2) is 18.2 Å². The van der Waals surface area contributed by atoms with E-state index in [-0.39, 0.29) is 54.9 Å². The summed E-state index contributed by atoms with van der Waals surface area (Å²) in [5, 5.41) is 73.6. The van der Waals surface area contributed by atoms with Crippen LogP contribution in [-0.4, -0.2) is 168 Å². The van der Waals surface area contributed by atoms with Crippen LogP contribution < -0.4 is 21.7 Å². The molecule has 0 spiro atoms. The smallest absolute Gasteiger partial charge is 0.235 e. The SMILES string of the molecule is CCC1CC(C(=O)NC(C(C)Cl)C2O[C@H](SC)C(O)[C@H](O)[C@H]2O)CN(CCC(=O)NCCN[C@@H]2C(=O)C(C(N)=O)C(=O)[C@@]3(O)C(=O)C4C(=O)c5c(O)cccc5[C@@](C)(O)[C@H]4C[C@@H]23)C1. The molecule has 8 unspecified atom stereocenters. The Hall–Kier alpha value is -3.57. The minimum absolute atomic E-state index is 0.0191. The number of likely N-dealkylation sites (tertiary alicyclic amines) is 1. The van der Waals surface area contributed by atoms with Crippen molar-refractivity contribution >= 4 is 64.2 Å². The number of phenols is 1. The number of halogens is 1. The lowest BCUT2D eigenvalue weighted by Crippen LogP contribution is -2.75. The van der Waals surface area contributed by atoms with Gasteiger partial charge < -0.3 is 62.0 Å². The number of ether oxygens (including phenoxy) is 1. The zero-order chi connectivity index (χ0) is 46.5. The number of fused-ring (bicyclic) bond motifs is 3. The van der Waals surface area contributed by atoms with Gasteiger partial charge in [-0.1, -0.05) is 25.5 Å². The van der Waals surface area contributed by atoms with Crippen LogP contribution in [0.5, 0.6) is 5.75 Å². The second-order valence-corrected chi connectivity index (χ2v) is 19.4. The van der Waals surface area contributed by atoms with E-state index in [2.05, 4.69) is 16.0 Å². The van der Waals surface area contributed by atoms with Gasteiger partial charge in [-0.2, -0.15) is 0 Å². The number of carbonyl (C=O) groups is 7. The number of phenolic OH excluding ortho intramolecular Hbond substituents is 1. The summed E-state index contributed by atoms with van der Waals surface area (Å²) in [6, 6.07) is 1.57. The van der Waals surface area contributed by atoms with E-state index in [1.54, 1.807) is 13.2 Å². The van der Waals surface area contributed by atoms with Crippen molar-refractivity contribution in [3.05, 3.63) is 29.3 Å². The van der Waals surface area contributed by atoms with E-state index in [9.17, 15) is 64.2 Å². The monoisotopic (exact) mass is 923 g/mol. The van der Waals surface area contributed by atoms with Crippen molar-refractivity contribution in [1.29, 1.82) is 0 Å². The number of thioether (sulfide) groups is 1. The van der Waals surface area contributed by atoms with Crippen molar-refractivity contribution in [2.45, 2.75) is 105 Å². The lowest BCUT2D eigenvalue weighted by Gasteiger charge is -2.54. The summed E-state index contributed by atoms with van der Waals surface area (Å²) in [5.41, 5.74) is -0.671. The summed E-state index contributed by atoms with van der Waals surface area (Å²) in [6.07, 6.45) is -2.86. The number of aromatic hydroxyl groups is 1. The summed E-state index contributed by atoms with van der Waals surface area (Å²) >= 11 is 7.63. The van der Waals surface area contributed by atoms with Crippen molar-refractivity contribution < 1.29 is 68.9 Å². The Morgan fingerprint density at radius 2 is 1.71 bits per heavy atom. The average molecular weight is 924 g/mol. The molecule has 3 amide bonds. The van der Waals surface area contributed by atoms with Gasteiger partial charge in [-0.25, -0.2) is 0 Å². The molecule has 1 aromatic carbocycles. The molecular formula is C42H58ClN5O14S. The Labute approximate surface area is 373 Å². The molecule has 3 aliphatic carbocycles. The summed E-state index contributed by atoms with van der Waals surface area (Å²) in [7, 11) is 0. The Bertz CT molecular complexity index is 1990. The molecule has 348 valence electrons. The van der Waals surface area contributed by atoms with Crippen LogP contribution in [0.1, 0.15) is 62.4 Å². The lowest BCUT2D eigenvalue weighted by molar-refractivity contribution is -0.205. The average Bonchev–Trinajstić information content (AvgIpc) is 3.23. The number of alkyl halides is 1. The number of primary amides is 1. The number of nitrogens with zero attached hydrogens (tertiary/aromatic N) is 1. The number of Topliss-reactive ketones (excluding diaryl/α,β-unsaturated/α-hetero) is 4. The van der Waals surface area contributed by atoms with Gasteiger partial charge in [-0.15, -0.1) is 23.4 Å². The van der Waals surface area contributed by atoms with Gasteiger partial charge in [0.1, 0.15) is 35.6 Å². The lowest BCUT2D eigenvalue weighted by atomic mass is 9.50. The highest BCUT2D eigenvalue weighted by Crippen LogP contribution is 2.55. The minimum atomic E-state index is -3.03. The van der Waals surface area contributed by atoms with Crippen molar-refractivity contribution in [1.82, 2.24) is 20.9 Å². The first kappa shape index (κ1) is 48.9. The van der Waals surface area contributed by atoms with E-state index in [0.29, 0.717) is 19.5 Å². The number of benzene rings is 1. The standard InChI is InChI=1S/C42H58ClN5O14S/c1-5-18-13-19(39(59)47-28(17(2)43)35-33(54)32(53)34(55)40(62-35)63-4)16-48(15-18)12-9-24(50)45-10-11-46-29-22-14-21-26(30(51)25-20(41(21,3)60)7-6-8-23(25)49)36(56)42(22,61)37(57)27(31(29)52)38(44)58/h6-8,17-19,21-22,26-29,32-35,40,46,49,53-55,60-61H,5,9-16H2,1-4H3,(H2,44,58)(H,45,50)(H,47,59)/t17?,18?,19?,21-,22-,26?,27?,28?,29-,32+,33+,34?,35?,40+,41+,42-/m0/s1. The maximum absolute atomic E-state index is 14.2. The Balaban J connectivity index is 1.07. The molecule has 63 heavy (non-hydrogen) atoms. The van der Waals surface area contributed by atoms with Crippen LogP contribution in [0.4, 0.5) is 0 Å². The molecule has 5 aliphatic rings. The van der Waals surface area contributed by atoms with Crippen LogP contribution in [0, 0.1) is 35.5 Å². The van der Waals surface area contributed by atoms with E-state index in [4.69, 9.17) is 22.1 Å². The number of nitrogens with one attached hydrogen (secondary N) is 3. The number of piperidine rings is 1. The van der Waals surface area contributed by atoms with Gasteiger partial charge in [-0.3, -0.25) is 33.6 Å². The molecule has 19 nitrogen and oxygen atoms in total. The predicted octanol–water partition coefficient (Wildman–Crippen LogP) is -2.30. The topological polar surface area (TPSA) is 315 Å². The number of aliphatic hydroxyl groups is 5. The third kappa shape index (κ3) is 8.92. The second-order valence-electron chi connectivity index (χ2n) is 17.8. The number of ketones is 4. The number of carbonyl (C=O) groups excluding carboxylic acids is 7. The van der Waals surface area contributed by atoms with E-state index < -0.39 is 129 Å². The molecule has 0 bridgehead atoms. The van der Waals surface area contributed by atoms with Gasteiger partial charge in [0.15, 0.2) is 34.7 Å². The molecule has 6 rings (SSSR count). The number of hydrogen-bond donors (Lipinski definition) is 10. The molecular weight excluding hydrogens is 866 g/mol. The Morgan fingerprint density at radius 1 is 1.02 bits per heavy atom. The first-order chi connectivity index (χ1) is 29.6. The number of amides is 3. The first-order valence-electron chi connectivity index (χ1n) is 21.2. The van der Waals surface area contributed by atoms with Gasteiger partial charge in [0.25, 0.3) is 0 Å². The highest BCUT2D eigenvalue weighted by atomic mass is 35.5. The molecule has 2 saturated carbocycles. The molecule has 21 heteroatoms. The number of nitrogens with two attached hydrogens (primary N) is 1. The molecule has 0 radical (unpaired) electrons. The molecule has 16 atom stereocenters. The predicted molar refractivity (Wildman–Crippen MR) is 225 cm³/mol. The Kier molecular flexibility index (Phi) is 14.8. The molecule has 0 aromatic heterocycles. The third-order valence-corrected chi connectivity index (χ3v) is 15.0. The molecule has 1 aromatic rings. The molecule has 2 heterocycles. The van der Waals surface area contributed by atoms with Gasteiger partial charge in [0, 0.05) is 51.0 Å². The van der Waals surface area contributed by atoms with Crippen molar-refractivity contribution in [3.8, 4) is 5.75 Å². The maximum Gasteiger partial charge on any atom is 0.235 e. The number of rotatable bonds is 14. The summed E-state index contributed by atoms with van der Waals surface area (Å²) in [6.45, 7) is 5.95. The fraction of sp³-hybridized carbons (Fsp3) is 0.690. The highest BCUT2D eigenvalue weighted by molar-refractivity contribution is 7.99. The minimum Gasteiger partial charge on any atom is -0.507 e. The Morgan fingerprint density at radius 3 is 2.35 bits per heavy atom. The third-order valence-electron chi connectivity index (χ3n) is 13.9. The molecule has 4 fully saturated rings. The quantitative estimate of drug-likeness (QED) is 0.0533. The van der Waals surface area contributed by atoms with Crippen molar-refractivity contribution in [3.63, 3.8) is 0 Å². The first-order valence-corrected chi connectivity index (χ1v) is 23.0. The fourth-order valence-electron chi connectivity index (χ4n) is 10.4. The van der Waals surface area contributed by atoms with E-state index in [1.165, 1.54) is 25.1 Å². The van der Waals surface area contributed by atoms with Gasteiger partial charge in [0.2, 0.25) is 17.7 Å². The normalized spacial score (nSPS) is 37.9. The van der Waals surface area contributed by atoms with Gasteiger partial charge in [0.05, 0.1) is 40.5 Å². The molecule has 11 N–H and O–H groups in total. The largest absolute Gasteiger partial charge is 0.507 e. The van der Waals surface area contributed by atoms with E-state index in [1.807, 2.05) is 11.8 Å². The summed E-state index contributed by atoms with van der Waals surface area (Å²) in [5.74, 6) is -14.6. The number of hydrogen-bond acceptors (Lipinski definition) is 17. The fourth-order valence-corrected chi connectivity index (χ4v) is 11.3. The van der Waals surface area contributed by atoms with E-state index in [0.717, 1.165) is 18.2 Å². The van der Waals surface area contributed by atoms with Crippen LogP contribution in [0.2, 0.25) is 0 Å². The maximum atomic E-state index is 14.2.